The van der Waals surface area contributed by atoms with Gasteiger partial charge in [0.1, 0.15) is 5.75 Å². The number of carbonyl (C=O) groups is 2. The lowest BCUT2D eigenvalue weighted by Gasteiger charge is -2.41. The third kappa shape index (κ3) is 7.06. The Morgan fingerprint density at radius 1 is 0.809 bits per heavy atom. The highest BCUT2D eigenvalue weighted by Crippen LogP contribution is 2.44. The van der Waals surface area contributed by atoms with Gasteiger partial charge in [0, 0.05) is 35.2 Å². The number of carbonyl (C=O) groups excluding carboxylic acids is 2. The smallest absolute Gasteiger partial charge is 0.253 e. The molecule has 47 heavy (non-hydrogen) atoms. The molecule has 1 atom stereocenters. The van der Waals surface area contributed by atoms with Gasteiger partial charge in [0.05, 0.1) is 15.5 Å². The number of nitrogens with zero attached hydrogens (tertiary/aromatic N) is 2. The second-order valence-corrected chi connectivity index (χ2v) is 16.5. The molecule has 2 saturated heterocycles. The van der Waals surface area contributed by atoms with Crippen LogP contribution in [0.4, 0.5) is 0 Å². The third-order valence-electron chi connectivity index (χ3n) is 10.6. The van der Waals surface area contributed by atoms with Gasteiger partial charge in [-0.15, -0.1) is 0 Å². The Morgan fingerprint density at radius 2 is 1.40 bits per heavy atom. The van der Waals surface area contributed by atoms with Gasteiger partial charge in [-0.3, -0.25) is 9.59 Å². The molecule has 8 heteroatoms. The number of hydrogen-bond acceptors (Lipinski definition) is 4. The SMILES string of the molecule is CC(C)(C)c1cc(C(=O)N2CCC(CCN3CCC(C(N)=O)(c4ccccc4)CC3)(c3ccc(Cl)c(Cl)c3)C2)cc(C(C)(C)C)c1O. The van der Waals surface area contributed by atoms with E-state index in [2.05, 4.69) is 46.4 Å². The summed E-state index contributed by atoms with van der Waals surface area (Å²) in [6.07, 6.45) is 2.95. The fourth-order valence-electron chi connectivity index (χ4n) is 7.50. The van der Waals surface area contributed by atoms with Gasteiger partial charge in [0.2, 0.25) is 5.91 Å². The Bertz CT molecular complexity index is 1600. The molecule has 0 spiro atoms. The number of rotatable bonds is 7. The first-order valence-electron chi connectivity index (χ1n) is 16.7. The third-order valence-corrected chi connectivity index (χ3v) is 11.3. The molecule has 0 bridgehead atoms. The number of benzene rings is 3. The van der Waals surface area contributed by atoms with Crippen molar-refractivity contribution in [1.82, 2.24) is 9.80 Å². The highest BCUT2D eigenvalue weighted by Gasteiger charge is 2.44. The summed E-state index contributed by atoms with van der Waals surface area (Å²) in [7, 11) is 0. The minimum atomic E-state index is -0.655. The van der Waals surface area contributed by atoms with E-state index in [1.807, 2.05) is 65.6 Å². The van der Waals surface area contributed by atoms with Crippen LogP contribution in [0.15, 0.2) is 60.7 Å². The highest BCUT2D eigenvalue weighted by molar-refractivity contribution is 6.42. The van der Waals surface area contributed by atoms with Gasteiger partial charge < -0.3 is 20.6 Å². The molecule has 6 nitrogen and oxygen atoms in total. The van der Waals surface area contributed by atoms with E-state index in [4.69, 9.17) is 28.9 Å². The molecule has 0 aliphatic carbocycles. The molecule has 0 aromatic heterocycles. The van der Waals surface area contributed by atoms with E-state index in [-0.39, 0.29) is 33.8 Å². The lowest BCUT2D eigenvalue weighted by molar-refractivity contribution is -0.125. The van der Waals surface area contributed by atoms with Crippen LogP contribution in [-0.2, 0) is 26.5 Å². The van der Waals surface area contributed by atoms with E-state index < -0.39 is 5.41 Å². The van der Waals surface area contributed by atoms with Crippen molar-refractivity contribution in [3.63, 3.8) is 0 Å². The number of phenols is 1. The summed E-state index contributed by atoms with van der Waals surface area (Å²) in [5.74, 6) is -0.0312. The van der Waals surface area contributed by atoms with Crippen molar-refractivity contribution in [2.75, 3.05) is 32.7 Å². The van der Waals surface area contributed by atoms with Crippen LogP contribution in [0.25, 0.3) is 0 Å². The molecule has 0 radical (unpaired) electrons. The summed E-state index contributed by atoms with van der Waals surface area (Å²) < 4.78 is 0. The first-order chi connectivity index (χ1) is 22.0. The van der Waals surface area contributed by atoms with Gasteiger partial charge in [-0.1, -0.05) is 101 Å². The van der Waals surface area contributed by atoms with Gasteiger partial charge >= 0.3 is 0 Å². The molecule has 2 fully saturated rings. The van der Waals surface area contributed by atoms with Crippen LogP contribution in [-0.4, -0.2) is 59.4 Å². The highest BCUT2D eigenvalue weighted by atomic mass is 35.5. The Hall–Kier alpha value is -3.06. The quantitative estimate of drug-likeness (QED) is 0.265. The van der Waals surface area contributed by atoms with Crippen LogP contribution in [0.3, 0.4) is 0 Å². The van der Waals surface area contributed by atoms with E-state index >= 15 is 0 Å². The van der Waals surface area contributed by atoms with Crippen molar-refractivity contribution in [2.45, 2.75) is 88.9 Å². The van der Waals surface area contributed by atoms with Crippen LogP contribution in [0.2, 0.25) is 10.0 Å². The van der Waals surface area contributed by atoms with E-state index in [1.54, 1.807) is 0 Å². The minimum absolute atomic E-state index is 0.0324. The van der Waals surface area contributed by atoms with Crippen molar-refractivity contribution in [1.29, 1.82) is 0 Å². The number of phenolic OH excluding ortho intramolecular Hbond substituents is 1. The van der Waals surface area contributed by atoms with Crippen LogP contribution in [0, 0.1) is 0 Å². The Balaban J connectivity index is 1.40. The lowest BCUT2D eigenvalue weighted by atomic mass is 9.71. The summed E-state index contributed by atoms with van der Waals surface area (Å²) >= 11 is 12.9. The van der Waals surface area contributed by atoms with Crippen LogP contribution in [0.1, 0.15) is 99.8 Å². The Kier molecular flexibility index (Phi) is 9.82. The molecule has 2 aliphatic heterocycles. The summed E-state index contributed by atoms with van der Waals surface area (Å²) in [6, 6.07) is 19.5. The number of nitrogens with two attached hydrogens (primary N) is 1. The summed E-state index contributed by atoms with van der Waals surface area (Å²) in [6.45, 7) is 15.8. The van der Waals surface area contributed by atoms with Gasteiger partial charge in [-0.2, -0.15) is 0 Å². The van der Waals surface area contributed by atoms with Gasteiger partial charge in [0.25, 0.3) is 5.91 Å². The normalized spacial score (nSPS) is 20.4. The van der Waals surface area contributed by atoms with Crippen molar-refractivity contribution in [2.24, 2.45) is 5.73 Å². The number of piperidine rings is 1. The molecule has 3 N–H and O–H groups in total. The molecular weight excluding hydrogens is 629 g/mol. The zero-order valence-corrected chi connectivity index (χ0v) is 30.1. The van der Waals surface area contributed by atoms with Gasteiger partial charge in [-0.25, -0.2) is 0 Å². The second kappa shape index (κ2) is 13.1. The van der Waals surface area contributed by atoms with E-state index in [1.165, 1.54) is 0 Å². The molecule has 3 aromatic carbocycles. The van der Waals surface area contributed by atoms with Crippen LogP contribution >= 0.6 is 23.2 Å². The second-order valence-electron chi connectivity index (χ2n) is 15.7. The maximum absolute atomic E-state index is 14.3. The number of aromatic hydroxyl groups is 1. The number of amides is 2. The topological polar surface area (TPSA) is 86.9 Å². The molecule has 2 aliphatic rings. The number of hydrogen-bond donors (Lipinski definition) is 2. The number of primary amides is 1. The summed E-state index contributed by atoms with van der Waals surface area (Å²) in [4.78, 5) is 31.4. The zero-order valence-electron chi connectivity index (χ0n) is 28.6. The molecule has 1 unspecified atom stereocenters. The van der Waals surface area contributed by atoms with Crippen molar-refractivity contribution in [3.8, 4) is 5.75 Å². The van der Waals surface area contributed by atoms with Crippen molar-refractivity contribution in [3.05, 3.63) is 98.5 Å². The Morgan fingerprint density at radius 3 is 1.94 bits per heavy atom. The maximum Gasteiger partial charge on any atom is 0.253 e. The first-order valence-corrected chi connectivity index (χ1v) is 17.4. The lowest BCUT2D eigenvalue weighted by Crippen LogP contribution is -2.50. The fraction of sp³-hybridized carbons (Fsp3) is 0.487. The largest absolute Gasteiger partial charge is 0.507 e. The molecule has 2 heterocycles. The van der Waals surface area contributed by atoms with Gasteiger partial charge in [0.15, 0.2) is 0 Å². The molecule has 3 aromatic rings. The monoisotopic (exact) mass is 677 g/mol. The van der Waals surface area contributed by atoms with Crippen molar-refractivity contribution < 1.29 is 14.7 Å². The Labute approximate surface area is 290 Å². The fourth-order valence-corrected chi connectivity index (χ4v) is 7.80. The average molecular weight is 679 g/mol. The predicted molar refractivity (Wildman–Crippen MR) is 192 cm³/mol. The van der Waals surface area contributed by atoms with Crippen molar-refractivity contribution >= 4 is 35.0 Å². The van der Waals surface area contributed by atoms with E-state index in [0.29, 0.717) is 41.5 Å². The average Bonchev–Trinajstić information content (AvgIpc) is 3.46. The predicted octanol–water partition coefficient (Wildman–Crippen LogP) is 7.99. The van der Waals surface area contributed by atoms with E-state index in [9.17, 15) is 14.7 Å². The molecular formula is C39H49Cl2N3O3. The van der Waals surface area contributed by atoms with E-state index in [0.717, 1.165) is 54.7 Å². The zero-order chi connectivity index (χ0) is 34.4. The van der Waals surface area contributed by atoms with Gasteiger partial charge in [-0.05, 0) is 91.5 Å². The van der Waals surface area contributed by atoms with Crippen LogP contribution in [0.5, 0.6) is 5.75 Å². The summed E-state index contributed by atoms with van der Waals surface area (Å²) in [5.41, 5.74) is 8.57. The standard InChI is InChI=1S/C39H49Cl2N3O3/c1-36(2,3)29-22-26(23-30(33(29)45)37(4,5)6)34(46)44-21-15-38(25-44,28-12-13-31(40)32(41)24-28)14-18-43-19-16-39(17-20-43,35(42)47)27-10-8-7-9-11-27/h7-13,22-24,45H,14-21,25H2,1-6H3,(H2,42,47). The molecule has 0 saturated carbocycles. The molecule has 252 valence electrons. The number of halogens is 2. The van der Waals surface area contributed by atoms with Crippen LogP contribution < -0.4 is 5.73 Å². The molecule has 2 amide bonds. The maximum atomic E-state index is 14.3. The first kappa shape index (κ1) is 35.3. The summed E-state index contributed by atoms with van der Waals surface area (Å²) in [5, 5.41) is 12.3. The number of likely N-dealkylation sites (tertiary alicyclic amines) is 2. The molecule has 5 rings (SSSR count). The minimum Gasteiger partial charge on any atom is -0.507 e.